The first-order valence-electron chi connectivity index (χ1n) is 13.5. The van der Waals surface area contributed by atoms with Crippen molar-refractivity contribution in [2.75, 3.05) is 0 Å². The lowest BCUT2D eigenvalue weighted by Gasteiger charge is -2.49. The zero-order valence-electron chi connectivity index (χ0n) is 20.0. The van der Waals surface area contributed by atoms with Crippen LogP contribution in [0, 0.1) is 17.3 Å². The Morgan fingerprint density at radius 2 is 1.26 bits per heavy atom. The molecule has 0 N–H and O–H groups in total. The third-order valence-electron chi connectivity index (χ3n) is 8.54. The van der Waals surface area contributed by atoms with Crippen LogP contribution in [-0.2, 0) is 6.42 Å². The quantitative estimate of drug-likeness (QED) is 0.290. The number of benzene rings is 1. The van der Waals surface area contributed by atoms with Crippen LogP contribution in [0.3, 0.4) is 0 Å². The van der Waals surface area contributed by atoms with E-state index in [0.717, 1.165) is 17.5 Å². The molecule has 2 aliphatic rings. The summed E-state index contributed by atoms with van der Waals surface area (Å²) in [4.78, 5) is 4.14. The molecule has 0 radical (unpaired) electrons. The first kappa shape index (κ1) is 24.7. The predicted molar refractivity (Wildman–Crippen MR) is 138 cm³/mol. The van der Waals surface area contributed by atoms with Gasteiger partial charge < -0.3 is 0 Å². The van der Waals surface area contributed by atoms with Crippen LogP contribution in [0.4, 0.5) is 5.69 Å². The highest BCUT2D eigenvalue weighted by molar-refractivity contribution is 7.78. The van der Waals surface area contributed by atoms with Crippen LogP contribution in [0.15, 0.2) is 29.3 Å². The molecule has 1 aromatic carbocycles. The molecular weight excluding hydrogens is 394 g/mol. The van der Waals surface area contributed by atoms with Gasteiger partial charge in [-0.1, -0.05) is 89.7 Å². The second-order valence-corrected chi connectivity index (χ2v) is 10.6. The lowest BCUT2D eigenvalue weighted by molar-refractivity contribution is 0.0149. The summed E-state index contributed by atoms with van der Waals surface area (Å²) in [6.45, 7) is 2.44. The fourth-order valence-corrected chi connectivity index (χ4v) is 7.07. The molecule has 1 nitrogen and oxygen atoms in total. The lowest BCUT2D eigenvalue weighted by Crippen LogP contribution is -2.40. The lowest BCUT2D eigenvalue weighted by atomic mass is 9.56. The van der Waals surface area contributed by atoms with Gasteiger partial charge in [-0.15, -0.1) is 0 Å². The Labute approximate surface area is 197 Å². The highest BCUT2D eigenvalue weighted by Gasteiger charge is 2.43. The van der Waals surface area contributed by atoms with E-state index in [1.165, 1.54) is 121 Å². The maximum atomic E-state index is 4.77. The largest absolute Gasteiger partial charge is 0.195 e. The molecule has 0 heterocycles. The summed E-state index contributed by atoms with van der Waals surface area (Å²) in [7, 11) is 0. The molecule has 31 heavy (non-hydrogen) atoms. The third kappa shape index (κ3) is 7.26. The normalized spacial score (nSPS) is 20.2. The minimum Gasteiger partial charge on any atom is -0.195 e. The van der Waals surface area contributed by atoms with Crippen molar-refractivity contribution in [1.82, 2.24) is 0 Å². The zero-order valence-corrected chi connectivity index (χ0v) is 20.9. The molecule has 172 valence electrons. The molecule has 2 aliphatic carbocycles. The van der Waals surface area contributed by atoms with Crippen molar-refractivity contribution in [3.63, 3.8) is 0 Å². The van der Waals surface area contributed by atoms with Gasteiger partial charge in [0.15, 0.2) is 0 Å². The van der Waals surface area contributed by atoms with Gasteiger partial charge in [0.25, 0.3) is 0 Å². The van der Waals surface area contributed by atoms with Crippen molar-refractivity contribution in [1.29, 1.82) is 0 Å². The molecule has 0 aliphatic heterocycles. The number of thiocarbonyl (C=S) groups is 1. The van der Waals surface area contributed by atoms with E-state index < -0.39 is 0 Å². The third-order valence-corrected chi connectivity index (χ3v) is 8.63. The summed E-state index contributed by atoms with van der Waals surface area (Å²) >= 11 is 4.77. The van der Waals surface area contributed by atoms with Gasteiger partial charge in [0.05, 0.1) is 10.8 Å². The fourth-order valence-electron chi connectivity index (χ4n) is 6.97. The van der Waals surface area contributed by atoms with Gasteiger partial charge in [-0.25, -0.2) is 0 Å². The van der Waals surface area contributed by atoms with Crippen LogP contribution in [0.1, 0.15) is 122 Å². The maximum absolute atomic E-state index is 4.77. The Balaban J connectivity index is 1.84. The Kier molecular flexibility index (Phi) is 10.8. The second-order valence-electron chi connectivity index (χ2n) is 10.4. The standard InChI is InChI=1S/C29H45NS/c1-2-22-29(26-13-9-5-3-6-10-14-26,27-15-11-7-4-8-12-16-27)23-21-25-17-19-28(20-18-25)30-24-31/h17-20,26-27H,2-16,21-23H2,1H3. The topological polar surface area (TPSA) is 12.4 Å². The van der Waals surface area contributed by atoms with Crippen molar-refractivity contribution in [3.8, 4) is 0 Å². The number of rotatable bonds is 8. The van der Waals surface area contributed by atoms with Gasteiger partial charge in [0.2, 0.25) is 0 Å². The molecule has 0 amide bonds. The van der Waals surface area contributed by atoms with Gasteiger partial charge in [0.1, 0.15) is 0 Å². The van der Waals surface area contributed by atoms with Crippen molar-refractivity contribution >= 4 is 23.1 Å². The molecule has 0 atom stereocenters. The Hall–Kier alpha value is -0.980. The number of aliphatic imine (C=N–C) groups is 1. The number of aryl methyl sites for hydroxylation is 1. The summed E-state index contributed by atoms with van der Waals surface area (Å²) in [5.74, 6) is 1.88. The molecule has 0 spiro atoms. The summed E-state index contributed by atoms with van der Waals surface area (Å²) < 4.78 is 0. The van der Waals surface area contributed by atoms with Crippen LogP contribution in [0.2, 0.25) is 0 Å². The van der Waals surface area contributed by atoms with E-state index in [-0.39, 0.29) is 0 Å². The van der Waals surface area contributed by atoms with Crippen LogP contribution >= 0.6 is 12.2 Å². The molecule has 2 fully saturated rings. The van der Waals surface area contributed by atoms with E-state index in [9.17, 15) is 0 Å². The minimum absolute atomic E-state index is 0.550. The number of isothiocyanates is 1. The molecule has 0 aromatic heterocycles. The van der Waals surface area contributed by atoms with Gasteiger partial charge in [-0.05, 0) is 92.1 Å². The zero-order chi connectivity index (χ0) is 21.8. The van der Waals surface area contributed by atoms with E-state index in [0.29, 0.717) is 5.41 Å². The first-order valence-corrected chi connectivity index (χ1v) is 13.9. The molecule has 3 rings (SSSR count). The van der Waals surface area contributed by atoms with Crippen molar-refractivity contribution < 1.29 is 0 Å². The fraction of sp³-hybridized carbons (Fsp3) is 0.759. The Morgan fingerprint density at radius 3 is 1.71 bits per heavy atom. The Bertz CT molecular complexity index is 634. The Morgan fingerprint density at radius 1 is 0.774 bits per heavy atom. The number of nitrogens with zero attached hydrogens (tertiary/aromatic N) is 1. The van der Waals surface area contributed by atoms with Gasteiger partial charge >= 0.3 is 0 Å². The van der Waals surface area contributed by atoms with E-state index in [4.69, 9.17) is 12.2 Å². The molecule has 1 aromatic rings. The average Bonchev–Trinajstić information content (AvgIpc) is 2.72. The molecule has 0 unspecified atom stereocenters. The predicted octanol–water partition coefficient (Wildman–Crippen LogP) is 9.86. The number of hydrogen-bond donors (Lipinski definition) is 0. The summed E-state index contributed by atoms with van der Waals surface area (Å²) in [5, 5.41) is 2.49. The van der Waals surface area contributed by atoms with E-state index in [1.54, 1.807) is 0 Å². The van der Waals surface area contributed by atoms with Crippen molar-refractivity contribution in [2.24, 2.45) is 22.2 Å². The summed E-state index contributed by atoms with van der Waals surface area (Å²) in [6, 6.07) is 8.78. The SMILES string of the molecule is CCCC(CCc1ccc(N=C=S)cc1)(C1CCCCCCC1)C1CCCCCCC1. The van der Waals surface area contributed by atoms with Crippen LogP contribution in [0.5, 0.6) is 0 Å². The molecule has 0 bridgehead atoms. The smallest absolute Gasteiger partial charge is 0.0739 e. The maximum Gasteiger partial charge on any atom is 0.0739 e. The van der Waals surface area contributed by atoms with E-state index >= 15 is 0 Å². The van der Waals surface area contributed by atoms with Gasteiger partial charge in [-0.2, -0.15) is 4.99 Å². The average molecular weight is 440 g/mol. The highest BCUT2D eigenvalue weighted by Crippen LogP contribution is 2.53. The van der Waals surface area contributed by atoms with Crippen molar-refractivity contribution in [2.45, 2.75) is 122 Å². The summed E-state index contributed by atoms with van der Waals surface area (Å²) in [6.07, 6.45) is 26.0. The second kappa shape index (κ2) is 13.5. The van der Waals surface area contributed by atoms with E-state index in [1.807, 2.05) is 0 Å². The van der Waals surface area contributed by atoms with Crippen LogP contribution in [0.25, 0.3) is 0 Å². The minimum atomic E-state index is 0.550. The van der Waals surface area contributed by atoms with Gasteiger partial charge in [-0.3, -0.25) is 0 Å². The van der Waals surface area contributed by atoms with Crippen LogP contribution in [-0.4, -0.2) is 5.16 Å². The molecule has 2 saturated carbocycles. The molecule has 2 heteroatoms. The van der Waals surface area contributed by atoms with Crippen LogP contribution < -0.4 is 0 Å². The van der Waals surface area contributed by atoms with E-state index in [2.05, 4.69) is 41.3 Å². The highest BCUT2D eigenvalue weighted by atomic mass is 32.1. The summed E-state index contributed by atoms with van der Waals surface area (Å²) in [5.41, 5.74) is 2.95. The van der Waals surface area contributed by atoms with Crippen molar-refractivity contribution in [3.05, 3.63) is 29.8 Å². The number of hydrogen-bond acceptors (Lipinski definition) is 2. The monoisotopic (exact) mass is 439 g/mol. The van der Waals surface area contributed by atoms with Gasteiger partial charge in [0, 0.05) is 0 Å². The molecular formula is C29H45NS. The molecule has 0 saturated heterocycles. The first-order chi connectivity index (χ1) is 15.3.